The molecule has 0 aromatic rings. The number of hydrogen-bond donors (Lipinski definition) is 1. The maximum atomic E-state index is 8.99. The summed E-state index contributed by atoms with van der Waals surface area (Å²) >= 11 is 0. The fraction of sp³-hybridized carbons (Fsp3) is 0.714. The predicted octanol–water partition coefficient (Wildman–Crippen LogP) is 0.714. The summed E-state index contributed by atoms with van der Waals surface area (Å²) in [7, 11) is 1.67. The second-order valence-corrected chi connectivity index (χ2v) is 2.36. The van der Waals surface area contributed by atoms with Crippen molar-refractivity contribution in [1.29, 1.82) is 0 Å². The summed E-state index contributed by atoms with van der Waals surface area (Å²) in [5.74, 6) is 0. The summed E-state index contributed by atoms with van der Waals surface area (Å²) in [5, 5.41) is 8.99. The Labute approximate surface area is 55.1 Å². The van der Waals surface area contributed by atoms with Gasteiger partial charge in [0.1, 0.15) is 0 Å². The third-order valence-electron chi connectivity index (χ3n) is 1.52. The van der Waals surface area contributed by atoms with Crippen LogP contribution in [0.4, 0.5) is 0 Å². The molecule has 1 aliphatic carbocycles. The summed E-state index contributed by atoms with van der Waals surface area (Å²) in [6.07, 6.45) is 3.53. The molecule has 1 atom stereocenters. The Morgan fingerprint density at radius 1 is 1.89 bits per heavy atom. The average molecular weight is 128 g/mol. The van der Waals surface area contributed by atoms with Gasteiger partial charge in [0, 0.05) is 7.11 Å². The standard InChI is InChI=1S/C7H12O2/c1-9-5-6-2-3-7(8)4-6/h4,7-8H,2-3,5H2,1H3. The van der Waals surface area contributed by atoms with Gasteiger partial charge in [0.05, 0.1) is 12.7 Å². The van der Waals surface area contributed by atoms with Gasteiger partial charge in [0.15, 0.2) is 0 Å². The molecule has 52 valence electrons. The van der Waals surface area contributed by atoms with E-state index in [0.717, 1.165) is 12.8 Å². The number of aliphatic hydroxyl groups excluding tert-OH is 1. The lowest BCUT2D eigenvalue weighted by Gasteiger charge is -1.95. The highest BCUT2D eigenvalue weighted by atomic mass is 16.5. The SMILES string of the molecule is COCC1=CC(O)CC1. The fourth-order valence-electron chi connectivity index (χ4n) is 1.08. The van der Waals surface area contributed by atoms with Crippen LogP contribution in [0.1, 0.15) is 12.8 Å². The first kappa shape index (κ1) is 6.78. The zero-order valence-electron chi connectivity index (χ0n) is 5.63. The average Bonchev–Trinajstić information content (AvgIpc) is 2.17. The summed E-state index contributed by atoms with van der Waals surface area (Å²) in [5.41, 5.74) is 1.23. The van der Waals surface area contributed by atoms with Gasteiger partial charge >= 0.3 is 0 Å². The first-order valence-electron chi connectivity index (χ1n) is 3.19. The van der Waals surface area contributed by atoms with E-state index in [-0.39, 0.29) is 6.10 Å². The second kappa shape index (κ2) is 2.99. The van der Waals surface area contributed by atoms with Crippen LogP contribution in [0.2, 0.25) is 0 Å². The van der Waals surface area contributed by atoms with Crippen molar-refractivity contribution >= 4 is 0 Å². The number of aliphatic hydroxyl groups is 1. The molecule has 1 unspecified atom stereocenters. The molecule has 9 heavy (non-hydrogen) atoms. The molecule has 1 rings (SSSR count). The number of ether oxygens (including phenoxy) is 1. The molecule has 0 heterocycles. The first-order valence-corrected chi connectivity index (χ1v) is 3.19. The summed E-state index contributed by atoms with van der Waals surface area (Å²) in [4.78, 5) is 0. The van der Waals surface area contributed by atoms with Crippen LogP contribution in [-0.2, 0) is 4.74 Å². The van der Waals surface area contributed by atoms with Crippen molar-refractivity contribution in [3.63, 3.8) is 0 Å². The highest BCUT2D eigenvalue weighted by Gasteiger charge is 2.11. The lowest BCUT2D eigenvalue weighted by molar-refractivity contribution is 0.222. The Morgan fingerprint density at radius 2 is 2.67 bits per heavy atom. The molecule has 0 spiro atoms. The Hall–Kier alpha value is -0.340. The maximum Gasteiger partial charge on any atom is 0.0727 e. The van der Waals surface area contributed by atoms with Crippen LogP contribution in [-0.4, -0.2) is 24.9 Å². The van der Waals surface area contributed by atoms with Crippen molar-refractivity contribution < 1.29 is 9.84 Å². The fourth-order valence-corrected chi connectivity index (χ4v) is 1.08. The van der Waals surface area contributed by atoms with E-state index < -0.39 is 0 Å². The Bertz CT molecular complexity index is 118. The molecule has 0 amide bonds. The van der Waals surface area contributed by atoms with Crippen molar-refractivity contribution in [1.82, 2.24) is 0 Å². The maximum absolute atomic E-state index is 8.99. The van der Waals surface area contributed by atoms with Crippen LogP contribution in [0.25, 0.3) is 0 Å². The van der Waals surface area contributed by atoms with Gasteiger partial charge in [-0.1, -0.05) is 6.08 Å². The van der Waals surface area contributed by atoms with E-state index in [1.165, 1.54) is 5.57 Å². The van der Waals surface area contributed by atoms with Crippen LogP contribution in [0.5, 0.6) is 0 Å². The van der Waals surface area contributed by atoms with Gasteiger partial charge in [-0.3, -0.25) is 0 Å². The van der Waals surface area contributed by atoms with Gasteiger partial charge in [0.25, 0.3) is 0 Å². The lowest BCUT2D eigenvalue weighted by atomic mass is 10.2. The minimum absolute atomic E-state index is 0.213. The topological polar surface area (TPSA) is 29.5 Å². The molecule has 0 bridgehead atoms. The molecule has 0 aromatic heterocycles. The van der Waals surface area contributed by atoms with Gasteiger partial charge in [-0.15, -0.1) is 0 Å². The zero-order chi connectivity index (χ0) is 6.69. The van der Waals surface area contributed by atoms with Crippen LogP contribution < -0.4 is 0 Å². The van der Waals surface area contributed by atoms with Gasteiger partial charge in [-0.25, -0.2) is 0 Å². The molecule has 0 radical (unpaired) electrons. The van der Waals surface area contributed by atoms with Crippen molar-refractivity contribution in [3.05, 3.63) is 11.6 Å². The Balaban J connectivity index is 2.33. The molecule has 1 N–H and O–H groups in total. The summed E-state index contributed by atoms with van der Waals surface area (Å²) < 4.78 is 4.89. The minimum Gasteiger partial charge on any atom is -0.389 e. The van der Waals surface area contributed by atoms with Crippen LogP contribution in [0.3, 0.4) is 0 Å². The first-order chi connectivity index (χ1) is 4.33. The largest absolute Gasteiger partial charge is 0.389 e. The van der Waals surface area contributed by atoms with E-state index >= 15 is 0 Å². The molecular formula is C7H12O2. The van der Waals surface area contributed by atoms with Crippen molar-refractivity contribution in [2.24, 2.45) is 0 Å². The second-order valence-electron chi connectivity index (χ2n) is 2.36. The van der Waals surface area contributed by atoms with Crippen LogP contribution in [0.15, 0.2) is 11.6 Å². The molecule has 1 aliphatic rings. The summed E-state index contributed by atoms with van der Waals surface area (Å²) in [6, 6.07) is 0. The number of hydrogen-bond acceptors (Lipinski definition) is 2. The molecule has 0 saturated carbocycles. The third-order valence-corrected chi connectivity index (χ3v) is 1.52. The normalized spacial score (nSPS) is 26.4. The highest BCUT2D eigenvalue weighted by molar-refractivity contribution is 5.11. The van der Waals surface area contributed by atoms with Crippen LogP contribution >= 0.6 is 0 Å². The minimum atomic E-state index is -0.213. The number of methoxy groups -OCH3 is 1. The third kappa shape index (κ3) is 1.80. The van der Waals surface area contributed by atoms with E-state index in [4.69, 9.17) is 9.84 Å². The molecule has 0 fully saturated rings. The monoisotopic (exact) mass is 128 g/mol. The molecular weight excluding hydrogens is 116 g/mol. The van der Waals surface area contributed by atoms with Gasteiger partial charge in [-0.05, 0) is 18.4 Å². The molecule has 0 aromatic carbocycles. The van der Waals surface area contributed by atoms with Crippen LogP contribution in [0, 0.1) is 0 Å². The smallest absolute Gasteiger partial charge is 0.0727 e. The van der Waals surface area contributed by atoms with Crippen molar-refractivity contribution in [2.45, 2.75) is 18.9 Å². The van der Waals surface area contributed by atoms with Crippen molar-refractivity contribution in [3.8, 4) is 0 Å². The number of rotatable bonds is 2. The van der Waals surface area contributed by atoms with Gasteiger partial charge in [-0.2, -0.15) is 0 Å². The van der Waals surface area contributed by atoms with Gasteiger partial charge < -0.3 is 9.84 Å². The molecule has 0 aliphatic heterocycles. The molecule has 0 saturated heterocycles. The molecule has 2 heteroatoms. The molecule has 2 nitrogen and oxygen atoms in total. The summed E-state index contributed by atoms with van der Waals surface area (Å²) in [6.45, 7) is 0.678. The highest BCUT2D eigenvalue weighted by Crippen LogP contribution is 2.17. The van der Waals surface area contributed by atoms with Crippen molar-refractivity contribution in [2.75, 3.05) is 13.7 Å². The van der Waals surface area contributed by atoms with E-state index in [1.54, 1.807) is 7.11 Å². The lowest BCUT2D eigenvalue weighted by Crippen LogP contribution is -1.93. The predicted molar refractivity (Wildman–Crippen MR) is 35.2 cm³/mol. The van der Waals surface area contributed by atoms with E-state index in [2.05, 4.69) is 0 Å². The quantitative estimate of drug-likeness (QED) is 0.555. The Kier molecular flexibility index (Phi) is 2.25. The van der Waals surface area contributed by atoms with E-state index in [1.807, 2.05) is 6.08 Å². The van der Waals surface area contributed by atoms with E-state index in [0.29, 0.717) is 6.61 Å². The zero-order valence-corrected chi connectivity index (χ0v) is 5.63. The van der Waals surface area contributed by atoms with Gasteiger partial charge in [0.2, 0.25) is 0 Å². The van der Waals surface area contributed by atoms with E-state index in [9.17, 15) is 0 Å². The Morgan fingerprint density at radius 3 is 3.11 bits per heavy atom.